The van der Waals surface area contributed by atoms with Gasteiger partial charge in [-0.15, -0.1) is 12.4 Å². The molecule has 148 valence electrons. The van der Waals surface area contributed by atoms with Gasteiger partial charge in [0.1, 0.15) is 0 Å². The van der Waals surface area contributed by atoms with E-state index < -0.39 is 10.0 Å². The van der Waals surface area contributed by atoms with Crippen LogP contribution in [0.1, 0.15) is 50.5 Å². The van der Waals surface area contributed by atoms with Crippen LogP contribution in [-0.4, -0.2) is 38.3 Å². The zero-order chi connectivity index (χ0) is 18.1. The lowest BCUT2D eigenvalue weighted by atomic mass is 10.1. The number of halogens is 1. The second kappa shape index (κ2) is 11.5. The predicted molar refractivity (Wildman–Crippen MR) is 106 cm³/mol. The fourth-order valence-corrected chi connectivity index (χ4v) is 4.45. The van der Waals surface area contributed by atoms with Crippen LogP contribution >= 0.6 is 12.4 Å². The number of nitrogens with zero attached hydrogens (tertiary/aromatic N) is 1. The molecule has 26 heavy (non-hydrogen) atoms. The molecule has 0 saturated carbocycles. The van der Waals surface area contributed by atoms with Crippen molar-refractivity contribution < 1.29 is 13.2 Å². The zero-order valence-corrected chi connectivity index (χ0v) is 16.8. The molecule has 1 heterocycles. The fraction of sp³-hybridized carbons (Fsp3) is 0.611. The van der Waals surface area contributed by atoms with Gasteiger partial charge < -0.3 is 11.1 Å². The molecule has 1 aromatic rings. The predicted octanol–water partition coefficient (Wildman–Crippen LogP) is 2.42. The SMILES string of the molecule is Cl.NCCCCCCC(=O)NCc1ccc(S(=O)(=O)N2CCCC2)cc1. The lowest BCUT2D eigenvalue weighted by Gasteiger charge is -2.15. The van der Waals surface area contributed by atoms with Crippen molar-refractivity contribution in [1.29, 1.82) is 0 Å². The van der Waals surface area contributed by atoms with Crippen LogP contribution < -0.4 is 11.1 Å². The Morgan fingerprint density at radius 1 is 1.04 bits per heavy atom. The maximum absolute atomic E-state index is 12.5. The van der Waals surface area contributed by atoms with Gasteiger partial charge in [0.05, 0.1) is 4.90 Å². The monoisotopic (exact) mass is 403 g/mol. The third-order valence-corrected chi connectivity index (χ3v) is 6.39. The van der Waals surface area contributed by atoms with E-state index in [9.17, 15) is 13.2 Å². The number of nitrogens with one attached hydrogen (secondary N) is 1. The van der Waals surface area contributed by atoms with Gasteiger partial charge in [-0.25, -0.2) is 8.42 Å². The van der Waals surface area contributed by atoms with E-state index in [1.165, 1.54) is 4.31 Å². The number of hydrogen-bond acceptors (Lipinski definition) is 4. The van der Waals surface area contributed by atoms with Crippen LogP contribution in [0.25, 0.3) is 0 Å². The van der Waals surface area contributed by atoms with E-state index in [4.69, 9.17) is 5.73 Å². The molecular weight excluding hydrogens is 374 g/mol. The molecule has 1 saturated heterocycles. The highest BCUT2D eigenvalue weighted by atomic mass is 35.5. The zero-order valence-electron chi connectivity index (χ0n) is 15.2. The van der Waals surface area contributed by atoms with E-state index in [2.05, 4.69) is 5.32 Å². The van der Waals surface area contributed by atoms with Crippen LogP contribution in [0.15, 0.2) is 29.2 Å². The molecule has 0 radical (unpaired) electrons. The van der Waals surface area contributed by atoms with Crippen molar-refractivity contribution in [2.45, 2.75) is 56.4 Å². The molecule has 1 aromatic carbocycles. The largest absolute Gasteiger partial charge is 0.352 e. The second-order valence-corrected chi connectivity index (χ2v) is 8.42. The Bertz CT molecular complexity index is 644. The number of carbonyl (C=O) groups excluding carboxylic acids is 1. The molecular formula is C18H30ClN3O3S. The molecule has 2 rings (SSSR count). The minimum atomic E-state index is -3.37. The number of nitrogens with two attached hydrogens (primary N) is 1. The number of unbranched alkanes of at least 4 members (excludes halogenated alkanes) is 3. The third kappa shape index (κ3) is 6.87. The number of sulfonamides is 1. The van der Waals surface area contributed by atoms with Gasteiger partial charge in [-0.05, 0) is 49.9 Å². The summed E-state index contributed by atoms with van der Waals surface area (Å²) in [5.74, 6) is 0.0292. The molecule has 0 aliphatic carbocycles. The molecule has 1 aliphatic heterocycles. The number of hydrogen-bond donors (Lipinski definition) is 2. The minimum Gasteiger partial charge on any atom is -0.352 e. The Labute approximate surface area is 163 Å². The molecule has 8 heteroatoms. The molecule has 0 spiro atoms. The van der Waals surface area contributed by atoms with Crippen molar-refractivity contribution in [2.24, 2.45) is 5.73 Å². The van der Waals surface area contributed by atoms with Crippen LogP contribution in [0.4, 0.5) is 0 Å². The van der Waals surface area contributed by atoms with Gasteiger partial charge in [-0.1, -0.05) is 25.0 Å². The summed E-state index contributed by atoms with van der Waals surface area (Å²) in [5, 5.41) is 2.88. The van der Waals surface area contributed by atoms with Gasteiger partial charge >= 0.3 is 0 Å². The lowest BCUT2D eigenvalue weighted by molar-refractivity contribution is -0.121. The third-order valence-electron chi connectivity index (χ3n) is 4.47. The van der Waals surface area contributed by atoms with Crippen molar-refractivity contribution in [3.63, 3.8) is 0 Å². The molecule has 0 aromatic heterocycles. The van der Waals surface area contributed by atoms with Gasteiger partial charge in [-0.3, -0.25) is 4.79 Å². The number of rotatable bonds is 10. The van der Waals surface area contributed by atoms with E-state index in [1.807, 2.05) is 0 Å². The van der Waals surface area contributed by atoms with Gasteiger partial charge in [0.2, 0.25) is 15.9 Å². The summed E-state index contributed by atoms with van der Waals surface area (Å²) in [5.41, 5.74) is 6.34. The summed E-state index contributed by atoms with van der Waals surface area (Å²) in [4.78, 5) is 12.1. The Balaban J connectivity index is 0.00000338. The van der Waals surface area contributed by atoms with Crippen molar-refractivity contribution in [1.82, 2.24) is 9.62 Å². The van der Waals surface area contributed by atoms with Crippen LogP contribution in [0.5, 0.6) is 0 Å². The van der Waals surface area contributed by atoms with E-state index in [0.717, 1.165) is 44.1 Å². The molecule has 1 fully saturated rings. The Hall–Kier alpha value is -1.15. The van der Waals surface area contributed by atoms with Crippen LogP contribution in [-0.2, 0) is 21.4 Å². The number of benzene rings is 1. The quantitative estimate of drug-likeness (QED) is 0.587. The van der Waals surface area contributed by atoms with Gasteiger partial charge in [0.15, 0.2) is 0 Å². The van der Waals surface area contributed by atoms with E-state index >= 15 is 0 Å². The minimum absolute atomic E-state index is 0. The van der Waals surface area contributed by atoms with Crippen molar-refractivity contribution in [2.75, 3.05) is 19.6 Å². The lowest BCUT2D eigenvalue weighted by Crippen LogP contribution is -2.27. The average molecular weight is 404 g/mol. The highest BCUT2D eigenvalue weighted by Gasteiger charge is 2.26. The Kier molecular flexibility index (Phi) is 10.2. The van der Waals surface area contributed by atoms with Gasteiger partial charge in [0, 0.05) is 26.1 Å². The van der Waals surface area contributed by atoms with E-state index in [1.54, 1.807) is 24.3 Å². The summed E-state index contributed by atoms with van der Waals surface area (Å²) in [6, 6.07) is 6.79. The molecule has 0 unspecified atom stereocenters. The van der Waals surface area contributed by atoms with Gasteiger partial charge in [-0.2, -0.15) is 4.31 Å². The van der Waals surface area contributed by atoms with Gasteiger partial charge in [0.25, 0.3) is 0 Å². The molecule has 6 nitrogen and oxygen atoms in total. The first-order valence-corrected chi connectivity index (χ1v) is 10.5. The molecule has 0 atom stereocenters. The second-order valence-electron chi connectivity index (χ2n) is 6.48. The maximum Gasteiger partial charge on any atom is 0.243 e. The highest BCUT2D eigenvalue weighted by molar-refractivity contribution is 7.89. The first kappa shape index (κ1) is 22.9. The fourth-order valence-electron chi connectivity index (χ4n) is 2.93. The first-order valence-electron chi connectivity index (χ1n) is 9.10. The van der Waals surface area contributed by atoms with Crippen molar-refractivity contribution in [3.05, 3.63) is 29.8 Å². The number of carbonyl (C=O) groups is 1. The summed E-state index contributed by atoms with van der Waals surface area (Å²) >= 11 is 0. The van der Waals surface area contributed by atoms with Crippen molar-refractivity contribution in [3.8, 4) is 0 Å². The molecule has 0 bridgehead atoms. The summed E-state index contributed by atoms with van der Waals surface area (Å²) in [6.07, 6.45) is 6.34. The topological polar surface area (TPSA) is 92.5 Å². The number of amides is 1. The normalized spacial score (nSPS) is 14.8. The van der Waals surface area contributed by atoms with Crippen LogP contribution in [0.3, 0.4) is 0 Å². The van der Waals surface area contributed by atoms with Crippen LogP contribution in [0.2, 0.25) is 0 Å². The summed E-state index contributed by atoms with van der Waals surface area (Å²) < 4.78 is 26.4. The molecule has 1 amide bonds. The smallest absolute Gasteiger partial charge is 0.243 e. The molecule has 1 aliphatic rings. The summed E-state index contributed by atoms with van der Waals surface area (Å²) in [6.45, 7) is 2.33. The van der Waals surface area contributed by atoms with E-state index in [0.29, 0.717) is 37.5 Å². The Morgan fingerprint density at radius 2 is 1.65 bits per heavy atom. The van der Waals surface area contributed by atoms with Crippen molar-refractivity contribution >= 4 is 28.3 Å². The highest BCUT2D eigenvalue weighted by Crippen LogP contribution is 2.21. The Morgan fingerprint density at radius 3 is 2.27 bits per heavy atom. The van der Waals surface area contributed by atoms with Crippen LogP contribution in [0, 0.1) is 0 Å². The average Bonchev–Trinajstić information content (AvgIpc) is 3.16. The standard InChI is InChI=1S/C18H29N3O3S.ClH/c19-12-4-2-1-3-7-18(22)20-15-16-8-10-17(11-9-16)25(23,24)21-13-5-6-14-21;/h8-11H,1-7,12-15,19H2,(H,20,22);1H. The summed E-state index contributed by atoms with van der Waals surface area (Å²) in [7, 11) is -3.37. The molecule has 3 N–H and O–H groups in total. The van der Waals surface area contributed by atoms with E-state index in [-0.39, 0.29) is 18.3 Å². The maximum atomic E-state index is 12.5. The first-order chi connectivity index (χ1) is 12.0.